The largest absolute Gasteiger partial charge is 0.274 e. The van der Waals surface area contributed by atoms with Gasteiger partial charge in [-0.25, -0.2) is 4.68 Å². The molecule has 2 aromatic carbocycles. The van der Waals surface area contributed by atoms with E-state index in [2.05, 4.69) is 41.3 Å². The number of fused-ring (bicyclic) bond motifs is 1. The number of benzene rings is 2. The minimum atomic E-state index is -0.0895. The molecule has 2 aliphatic rings. The van der Waals surface area contributed by atoms with Gasteiger partial charge in [0.1, 0.15) is 6.33 Å². The van der Waals surface area contributed by atoms with Crippen LogP contribution in [0.15, 0.2) is 54.9 Å². The van der Waals surface area contributed by atoms with Crippen molar-refractivity contribution in [3.8, 4) is 0 Å². The van der Waals surface area contributed by atoms with Gasteiger partial charge >= 0.3 is 0 Å². The number of nitrogens with zero attached hydrogens (tertiary/aromatic N) is 4. The van der Waals surface area contributed by atoms with E-state index < -0.39 is 0 Å². The summed E-state index contributed by atoms with van der Waals surface area (Å²) >= 11 is 6.11. The molecule has 142 valence electrons. The van der Waals surface area contributed by atoms with Crippen molar-refractivity contribution in [1.29, 1.82) is 0 Å². The van der Waals surface area contributed by atoms with E-state index >= 15 is 0 Å². The second-order valence-corrected chi connectivity index (χ2v) is 8.15. The van der Waals surface area contributed by atoms with Crippen LogP contribution in [0.2, 0.25) is 5.02 Å². The molecule has 2 unspecified atom stereocenters. The molecule has 1 amide bonds. The summed E-state index contributed by atoms with van der Waals surface area (Å²) < 4.78 is 1.90. The average molecular weight is 393 g/mol. The van der Waals surface area contributed by atoms with Gasteiger partial charge in [0.05, 0.1) is 12.1 Å². The fourth-order valence-corrected chi connectivity index (χ4v) is 4.13. The van der Waals surface area contributed by atoms with Gasteiger partial charge in [0.15, 0.2) is 0 Å². The predicted molar refractivity (Wildman–Crippen MR) is 108 cm³/mol. The van der Waals surface area contributed by atoms with Crippen molar-refractivity contribution in [2.75, 3.05) is 4.90 Å². The minimum absolute atomic E-state index is 0.0297. The van der Waals surface area contributed by atoms with Crippen LogP contribution in [0.3, 0.4) is 0 Å². The molecule has 5 rings (SSSR count). The number of aromatic nitrogens is 3. The first-order valence-corrected chi connectivity index (χ1v) is 10.0. The Morgan fingerprint density at radius 2 is 1.64 bits per heavy atom. The Balaban J connectivity index is 1.62. The van der Waals surface area contributed by atoms with Crippen molar-refractivity contribution in [3.63, 3.8) is 0 Å². The molecule has 3 aromatic rings. The summed E-state index contributed by atoms with van der Waals surface area (Å²) in [5.74, 6) is 0.890. The van der Waals surface area contributed by atoms with Crippen LogP contribution < -0.4 is 4.90 Å². The molecule has 2 atom stereocenters. The summed E-state index contributed by atoms with van der Waals surface area (Å²) in [5.41, 5.74) is 3.47. The van der Waals surface area contributed by atoms with E-state index in [0.717, 1.165) is 24.8 Å². The molecule has 28 heavy (non-hydrogen) atoms. The first-order chi connectivity index (χ1) is 13.6. The van der Waals surface area contributed by atoms with E-state index in [4.69, 9.17) is 11.6 Å². The van der Waals surface area contributed by atoms with Crippen molar-refractivity contribution >= 4 is 23.5 Å². The minimum Gasteiger partial charge on any atom is -0.274 e. The molecule has 1 aromatic heterocycles. The second kappa shape index (κ2) is 6.74. The molecule has 0 spiro atoms. The average Bonchev–Trinajstić information content (AvgIpc) is 3.44. The van der Waals surface area contributed by atoms with Gasteiger partial charge in [-0.05, 0) is 49.4 Å². The standard InChI is InChI=1S/C22H21ClN4O/c1-14-2-4-16(5-3-14)20-12-19(15-8-10-18(23)11-9-15)26(21(28)17-6-7-17)22-24-13-25-27(20)22/h2-5,8-11,13,17,19-20H,6-7,12H2,1H3. The van der Waals surface area contributed by atoms with Gasteiger partial charge < -0.3 is 0 Å². The monoisotopic (exact) mass is 392 g/mol. The van der Waals surface area contributed by atoms with Crippen molar-refractivity contribution in [3.05, 3.63) is 76.6 Å². The highest BCUT2D eigenvalue weighted by Crippen LogP contribution is 2.44. The zero-order chi connectivity index (χ0) is 19.3. The third-order valence-electron chi connectivity index (χ3n) is 5.70. The lowest BCUT2D eigenvalue weighted by molar-refractivity contribution is -0.120. The maximum absolute atomic E-state index is 13.2. The summed E-state index contributed by atoms with van der Waals surface area (Å²) in [6, 6.07) is 16.3. The Kier molecular flexibility index (Phi) is 4.20. The number of amides is 1. The van der Waals surface area contributed by atoms with Gasteiger partial charge in [0.2, 0.25) is 11.9 Å². The number of rotatable bonds is 3. The molecule has 6 heteroatoms. The topological polar surface area (TPSA) is 51.0 Å². The lowest BCUT2D eigenvalue weighted by atomic mass is 9.91. The van der Waals surface area contributed by atoms with E-state index in [9.17, 15) is 4.79 Å². The zero-order valence-corrected chi connectivity index (χ0v) is 16.4. The van der Waals surface area contributed by atoms with Crippen molar-refractivity contribution < 1.29 is 4.79 Å². The Morgan fingerprint density at radius 3 is 2.32 bits per heavy atom. The maximum atomic E-state index is 13.2. The lowest BCUT2D eigenvalue weighted by Gasteiger charge is -2.39. The van der Waals surface area contributed by atoms with Gasteiger partial charge in [-0.1, -0.05) is 53.6 Å². The Bertz CT molecular complexity index is 1010. The molecule has 0 radical (unpaired) electrons. The van der Waals surface area contributed by atoms with Crippen LogP contribution in [0, 0.1) is 12.8 Å². The van der Waals surface area contributed by atoms with Crippen LogP contribution in [0.4, 0.5) is 5.95 Å². The van der Waals surface area contributed by atoms with Crippen LogP contribution in [0.1, 0.15) is 48.0 Å². The number of hydrogen-bond donors (Lipinski definition) is 0. The molecule has 0 N–H and O–H groups in total. The van der Waals surface area contributed by atoms with Gasteiger partial charge in [0, 0.05) is 10.9 Å². The Hall–Kier alpha value is -2.66. The van der Waals surface area contributed by atoms with Crippen LogP contribution in [0.25, 0.3) is 0 Å². The lowest BCUT2D eigenvalue weighted by Crippen LogP contribution is -2.43. The third kappa shape index (κ3) is 3.00. The van der Waals surface area contributed by atoms with Crippen LogP contribution in [-0.4, -0.2) is 20.7 Å². The molecule has 1 aliphatic carbocycles. The van der Waals surface area contributed by atoms with Gasteiger partial charge in [-0.2, -0.15) is 10.1 Å². The Morgan fingerprint density at radius 1 is 1.00 bits per heavy atom. The first kappa shape index (κ1) is 17.4. The summed E-state index contributed by atoms with van der Waals surface area (Å²) in [6.45, 7) is 2.08. The summed E-state index contributed by atoms with van der Waals surface area (Å²) in [4.78, 5) is 19.5. The number of carbonyl (C=O) groups excluding carboxylic acids is 1. The van der Waals surface area contributed by atoms with Gasteiger partial charge in [-0.15, -0.1) is 0 Å². The van der Waals surface area contributed by atoms with Crippen molar-refractivity contribution in [2.45, 2.75) is 38.3 Å². The Labute approximate surface area is 169 Å². The number of hydrogen-bond acceptors (Lipinski definition) is 3. The fraction of sp³-hybridized carbons (Fsp3) is 0.318. The third-order valence-corrected chi connectivity index (χ3v) is 5.96. The highest BCUT2D eigenvalue weighted by molar-refractivity contribution is 6.30. The molecule has 1 saturated carbocycles. The molecule has 1 fully saturated rings. The van der Waals surface area contributed by atoms with Crippen LogP contribution in [-0.2, 0) is 4.79 Å². The van der Waals surface area contributed by atoms with E-state index in [0.29, 0.717) is 11.0 Å². The summed E-state index contributed by atoms with van der Waals surface area (Å²) in [5, 5.41) is 5.17. The van der Waals surface area contributed by atoms with Gasteiger partial charge in [0.25, 0.3) is 0 Å². The van der Waals surface area contributed by atoms with Crippen molar-refractivity contribution in [1.82, 2.24) is 14.8 Å². The maximum Gasteiger partial charge on any atom is 0.233 e. The number of carbonyl (C=O) groups is 1. The number of anilines is 1. The normalized spacial score (nSPS) is 21.4. The predicted octanol–water partition coefficient (Wildman–Crippen LogP) is 4.72. The van der Waals surface area contributed by atoms with E-state index in [1.165, 1.54) is 11.1 Å². The molecule has 0 saturated heterocycles. The molecule has 1 aliphatic heterocycles. The van der Waals surface area contributed by atoms with E-state index in [1.54, 1.807) is 6.33 Å². The van der Waals surface area contributed by atoms with Crippen molar-refractivity contribution in [2.24, 2.45) is 5.92 Å². The van der Waals surface area contributed by atoms with E-state index in [-0.39, 0.29) is 23.9 Å². The molecular formula is C22H21ClN4O. The summed E-state index contributed by atoms with van der Waals surface area (Å²) in [6.07, 6.45) is 4.21. The fourth-order valence-electron chi connectivity index (χ4n) is 4.01. The SMILES string of the molecule is Cc1ccc(C2CC(c3ccc(Cl)cc3)N(C(=O)C3CC3)c3ncnn32)cc1. The quantitative estimate of drug-likeness (QED) is 0.648. The smallest absolute Gasteiger partial charge is 0.233 e. The molecule has 5 nitrogen and oxygen atoms in total. The zero-order valence-electron chi connectivity index (χ0n) is 15.6. The molecule has 2 heterocycles. The first-order valence-electron chi connectivity index (χ1n) is 9.66. The van der Waals surface area contributed by atoms with Crippen LogP contribution >= 0.6 is 11.6 Å². The summed E-state index contributed by atoms with van der Waals surface area (Å²) in [7, 11) is 0. The van der Waals surface area contributed by atoms with Crippen LogP contribution in [0.5, 0.6) is 0 Å². The van der Waals surface area contributed by atoms with E-state index in [1.807, 2.05) is 33.8 Å². The number of aryl methyl sites for hydroxylation is 1. The highest BCUT2D eigenvalue weighted by atomic mass is 35.5. The molecular weight excluding hydrogens is 372 g/mol. The second-order valence-electron chi connectivity index (χ2n) is 7.72. The highest BCUT2D eigenvalue weighted by Gasteiger charge is 2.44. The number of halogens is 1. The van der Waals surface area contributed by atoms with Gasteiger partial charge in [-0.3, -0.25) is 9.69 Å². The molecule has 0 bridgehead atoms.